The SMILES string of the molecule is Cc1cccc(-n2cc(CCC(=O)c3cccc(C(=O)CC(C)C)n3)cn2)c1. The quantitative estimate of drug-likeness (QED) is 0.539. The molecule has 0 aliphatic carbocycles. The molecule has 0 fully saturated rings. The number of rotatable bonds is 8. The summed E-state index contributed by atoms with van der Waals surface area (Å²) in [6.45, 7) is 6.02. The van der Waals surface area contributed by atoms with E-state index in [0.717, 1.165) is 11.3 Å². The van der Waals surface area contributed by atoms with Crippen LogP contribution < -0.4 is 0 Å². The Morgan fingerprint density at radius 3 is 2.46 bits per heavy atom. The standard InChI is InChI=1S/C23H25N3O2/c1-16(2)12-23(28)21-9-5-8-20(25-21)22(27)11-10-18-14-24-26(15-18)19-7-4-6-17(3)13-19/h4-9,13-16H,10-12H2,1-3H3. The summed E-state index contributed by atoms with van der Waals surface area (Å²) >= 11 is 0. The second-order valence-electron chi connectivity index (χ2n) is 7.48. The number of carbonyl (C=O) groups excluding carboxylic acids is 2. The Kier molecular flexibility index (Phi) is 6.14. The van der Waals surface area contributed by atoms with Gasteiger partial charge in [0.25, 0.3) is 0 Å². The zero-order chi connectivity index (χ0) is 20.1. The predicted octanol–water partition coefficient (Wildman–Crippen LogP) is 4.62. The molecule has 0 aliphatic heterocycles. The van der Waals surface area contributed by atoms with Crippen molar-refractivity contribution in [1.82, 2.24) is 14.8 Å². The van der Waals surface area contributed by atoms with Gasteiger partial charge in [-0.05, 0) is 54.7 Å². The van der Waals surface area contributed by atoms with Crippen LogP contribution in [0.2, 0.25) is 0 Å². The van der Waals surface area contributed by atoms with E-state index in [9.17, 15) is 9.59 Å². The van der Waals surface area contributed by atoms with Crippen molar-refractivity contribution in [2.45, 2.75) is 40.0 Å². The van der Waals surface area contributed by atoms with Crippen LogP contribution in [0.3, 0.4) is 0 Å². The Balaban J connectivity index is 1.64. The van der Waals surface area contributed by atoms with E-state index in [1.807, 2.05) is 49.8 Å². The predicted molar refractivity (Wildman–Crippen MR) is 109 cm³/mol. The second kappa shape index (κ2) is 8.74. The molecule has 1 aromatic carbocycles. The van der Waals surface area contributed by atoms with Crippen LogP contribution in [0.5, 0.6) is 0 Å². The summed E-state index contributed by atoms with van der Waals surface area (Å²) in [6.07, 6.45) is 5.07. The summed E-state index contributed by atoms with van der Waals surface area (Å²) < 4.78 is 1.82. The fourth-order valence-corrected chi connectivity index (χ4v) is 3.01. The molecule has 0 spiro atoms. The van der Waals surface area contributed by atoms with Crippen molar-refractivity contribution in [3.05, 3.63) is 77.4 Å². The first-order valence-corrected chi connectivity index (χ1v) is 9.56. The van der Waals surface area contributed by atoms with E-state index in [1.54, 1.807) is 24.4 Å². The highest BCUT2D eigenvalue weighted by atomic mass is 16.1. The first-order chi connectivity index (χ1) is 13.4. The highest BCUT2D eigenvalue weighted by Crippen LogP contribution is 2.13. The van der Waals surface area contributed by atoms with Gasteiger partial charge < -0.3 is 0 Å². The normalized spacial score (nSPS) is 11.0. The molecule has 5 nitrogen and oxygen atoms in total. The van der Waals surface area contributed by atoms with Gasteiger partial charge in [0.15, 0.2) is 11.6 Å². The third-order valence-electron chi connectivity index (χ3n) is 4.46. The van der Waals surface area contributed by atoms with Gasteiger partial charge in [-0.25, -0.2) is 9.67 Å². The highest BCUT2D eigenvalue weighted by Gasteiger charge is 2.14. The molecule has 0 saturated carbocycles. The number of hydrogen-bond acceptors (Lipinski definition) is 4. The van der Waals surface area contributed by atoms with Crippen molar-refractivity contribution in [1.29, 1.82) is 0 Å². The number of Topliss-reactive ketones (excluding diaryl/α,β-unsaturated/α-hetero) is 2. The van der Waals surface area contributed by atoms with Gasteiger partial charge in [0, 0.05) is 19.0 Å². The lowest BCUT2D eigenvalue weighted by molar-refractivity contribution is 0.0962. The smallest absolute Gasteiger partial charge is 0.181 e. The van der Waals surface area contributed by atoms with Crippen LogP contribution in [-0.4, -0.2) is 26.3 Å². The zero-order valence-corrected chi connectivity index (χ0v) is 16.6. The summed E-state index contributed by atoms with van der Waals surface area (Å²) in [5.74, 6) is 0.171. The van der Waals surface area contributed by atoms with Crippen LogP contribution >= 0.6 is 0 Å². The Morgan fingerprint density at radius 2 is 1.75 bits per heavy atom. The summed E-state index contributed by atoms with van der Waals surface area (Å²) in [4.78, 5) is 29.0. The van der Waals surface area contributed by atoms with E-state index < -0.39 is 0 Å². The summed E-state index contributed by atoms with van der Waals surface area (Å²) in [7, 11) is 0. The molecule has 0 radical (unpaired) electrons. The molecule has 0 amide bonds. The van der Waals surface area contributed by atoms with Crippen molar-refractivity contribution in [2.24, 2.45) is 5.92 Å². The molecule has 2 aromatic heterocycles. The third-order valence-corrected chi connectivity index (χ3v) is 4.46. The molecule has 0 atom stereocenters. The van der Waals surface area contributed by atoms with Gasteiger partial charge in [-0.15, -0.1) is 0 Å². The minimum Gasteiger partial charge on any atom is -0.292 e. The van der Waals surface area contributed by atoms with Gasteiger partial charge in [0.05, 0.1) is 11.9 Å². The molecule has 2 heterocycles. The molecule has 3 rings (SSSR count). The third kappa shape index (κ3) is 5.00. The number of pyridine rings is 1. The minimum atomic E-state index is -0.0671. The number of aryl methyl sites for hydroxylation is 2. The molecule has 3 aromatic rings. The number of carbonyl (C=O) groups is 2. The second-order valence-corrected chi connectivity index (χ2v) is 7.48. The first kappa shape index (κ1) is 19.7. The fraction of sp³-hybridized carbons (Fsp3) is 0.304. The van der Waals surface area contributed by atoms with Crippen LogP contribution in [0.1, 0.15) is 58.8 Å². The van der Waals surface area contributed by atoms with Gasteiger partial charge in [-0.1, -0.05) is 32.0 Å². The Hall–Kier alpha value is -3.08. The van der Waals surface area contributed by atoms with E-state index in [1.165, 1.54) is 5.56 Å². The Bertz CT molecular complexity index is 989. The molecule has 0 saturated heterocycles. The van der Waals surface area contributed by atoms with E-state index in [-0.39, 0.29) is 17.5 Å². The number of nitrogens with zero attached hydrogens (tertiary/aromatic N) is 3. The average Bonchev–Trinajstić information content (AvgIpc) is 3.15. The first-order valence-electron chi connectivity index (χ1n) is 9.56. The van der Waals surface area contributed by atoms with Crippen molar-refractivity contribution >= 4 is 11.6 Å². The van der Waals surface area contributed by atoms with E-state index in [4.69, 9.17) is 0 Å². The molecular formula is C23H25N3O2. The lowest BCUT2D eigenvalue weighted by atomic mass is 10.0. The molecule has 0 N–H and O–H groups in total. The van der Waals surface area contributed by atoms with Crippen LogP contribution in [0.4, 0.5) is 0 Å². The van der Waals surface area contributed by atoms with Crippen molar-refractivity contribution in [3.63, 3.8) is 0 Å². The average molecular weight is 375 g/mol. The van der Waals surface area contributed by atoms with Crippen LogP contribution in [0.25, 0.3) is 5.69 Å². The number of hydrogen-bond donors (Lipinski definition) is 0. The largest absolute Gasteiger partial charge is 0.292 e. The van der Waals surface area contributed by atoms with Crippen molar-refractivity contribution < 1.29 is 9.59 Å². The van der Waals surface area contributed by atoms with Crippen LogP contribution in [0, 0.1) is 12.8 Å². The van der Waals surface area contributed by atoms with Gasteiger partial charge in [-0.2, -0.15) is 5.10 Å². The van der Waals surface area contributed by atoms with Gasteiger partial charge in [0.1, 0.15) is 11.4 Å². The van der Waals surface area contributed by atoms with Crippen LogP contribution in [0.15, 0.2) is 54.9 Å². The summed E-state index contributed by atoms with van der Waals surface area (Å²) in [5.41, 5.74) is 3.87. The molecule has 144 valence electrons. The Morgan fingerprint density at radius 1 is 1.04 bits per heavy atom. The molecule has 0 unspecified atom stereocenters. The molecule has 0 aliphatic rings. The summed E-state index contributed by atoms with van der Waals surface area (Å²) in [5, 5.41) is 4.39. The lowest BCUT2D eigenvalue weighted by Gasteiger charge is -2.05. The Labute approximate surface area is 165 Å². The minimum absolute atomic E-state index is 0.0240. The maximum absolute atomic E-state index is 12.5. The topological polar surface area (TPSA) is 64.8 Å². The number of aromatic nitrogens is 3. The fourth-order valence-electron chi connectivity index (χ4n) is 3.01. The maximum atomic E-state index is 12.5. The monoisotopic (exact) mass is 375 g/mol. The zero-order valence-electron chi connectivity index (χ0n) is 16.6. The molecule has 5 heteroatoms. The molecule has 0 bridgehead atoms. The van der Waals surface area contributed by atoms with Crippen molar-refractivity contribution in [3.8, 4) is 5.69 Å². The maximum Gasteiger partial charge on any atom is 0.181 e. The lowest BCUT2D eigenvalue weighted by Crippen LogP contribution is -2.10. The van der Waals surface area contributed by atoms with Gasteiger partial charge in [-0.3, -0.25) is 9.59 Å². The van der Waals surface area contributed by atoms with E-state index >= 15 is 0 Å². The molecule has 28 heavy (non-hydrogen) atoms. The van der Waals surface area contributed by atoms with Crippen LogP contribution in [-0.2, 0) is 6.42 Å². The number of benzene rings is 1. The van der Waals surface area contributed by atoms with E-state index in [2.05, 4.69) is 16.1 Å². The van der Waals surface area contributed by atoms with Gasteiger partial charge >= 0.3 is 0 Å². The van der Waals surface area contributed by atoms with E-state index in [0.29, 0.717) is 30.7 Å². The van der Waals surface area contributed by atoms with Crippen molar-refractivity contribution in [2.75, 3.05) is 0 Å². The molecular weight excluding hydrogens is 350 g/mol. The summed E-state index contributed by atoms with van der Waals surface area (Å²) in [6, 6.07) is 13.2. The number of ketones is 2. The highest BCUT2D eigenvalue weighted by molar-refractivity contribution is 5.98. The van der Waals surface area contributed by atoms with Gasteiger partial charge in [0.2, 0.25) is 0 Å².